The molecule has 6 nitrogen and oxygen atoms in total. The molecule has 2 N–H and O–H groups in total. The zero-order chi connectivity index (χ0) is 14.8. The first-order valence-corrected chi connectivity index (χ1v) is 6.85. The molecule has 7 heteroatoms. The smallest absolute Gasteiger partial charge is 0.259 e. The van der Waals surface area contributed by atoms with Crippen molar-refractivity contribution in [1.29, 1.82) is 0 Å². The fraction of sp³-hybridized carbons (Fsp3) is 0.0714. The maximum atomic E-state index is 5.69. The molecule has 0 bridgehead atoms. The second-order valence-corrected chi connectivity index (χ2v) is 5.13. The highest BCUT2D eigenvalue weighted by Gasteiger charge is 2.12. The summed E-state index contributed by atoms with van der Waals surface area (Å²) in [6.07, 6.45) is 3.18. The topological polar surface area (TPSA) is 87.1 Å². The molecule has 2 aromatic heterocycles. The number of pyridine rings is 1. The van der Waals surface area contributed by atoms with E-state index in [1.165, 1.54) is 0 Å². The molecular weight excluding hydrogens is 336 g/mol. The monoisotopic (exact) mass is 346 g/mol. The van der Waals surface area contributed by atoms with E-state index in [-0.39, 0.29) is 0 Å². The van der Waals surface area contributed by atoms with Crippen LogP contribution in [0, 0.1) is 0 Å². The van der Waals surface area contributed by atoms with Crippen LogP contribution in [0.5, 0.6) is 5.75 Å². The number of anilines is 1. The maximum absolute atomic E-state index is 5.69. The number of halogens is 1. The van der Waals surface area contributed by atoms with Crippen molar-refractivity contribution >= 4 is 21.6 Å². The summed E-state index contributed by atoms with van der Waals surface area (Å²) >= 11 is 3.43. The molecule has 21 heavy (non-hydrogen) atoms. The quantitative estimate of drug-likeness (QED) is 0.783. The molecule has 3 aromatic rings. The van der Waals surface area contributed by atoms with E-state index in [4.69, 9.17) is 15.0 Å². The first-order valence-electron chi connectivity index (χ1n) is 6.06. The number of aromatic nitrogens is 3. The third-order valence-electron chi connectivity index (χ3n) is 2.84. The fourth-order valence-corrected chi connectivity index (χ4v) is 2.38. The molecule has 106 valence electrons. The van der Waals surface area contributed by atoms with Crippen LogP contribution < -0.4 is 10.5 Å². The average Bonchev–Trinajstić information content (AvgIpc) is 2.97. The van der Waals surface area contributed by atoms with Gasteiger partial charge in [0.25, 0.3) is 5.89 Å². The molecule has 1 aromatic carbocycles. The normalized spacial score (nSPS) is 10.6. The van der Waals surface area contributed by atoms with Crippen LogP contribution in [0.15, 0.2) is 45.7 Å². The van der Waals surface area contributed by atoms with Gasteiger partial charge in [-0.2, -0.15) is 4.98 Å². The van der Waals surface area contributed by atoms with Gasteiger partial charge in [-0.3, -0.25) is 4.98 Å². The SMILES string of the molecule is COc1ccc(-c2noc(-c3cncc(N)c3)n2)cc1Br. The highest BCUT2D eigenvalue weighted by Crippen LogP contribution is 2.30. The minimum Gasteiger partial charge on any atom is -0.496 e. The molecule has 3 rings (SSSR count). The van der Waals surface area contributed by atoms with Crippen LogP contribution >= 0.6 is 15.9 Å². The van der Waals surface area contributed by atoms with Crippen molar-refractivity contribution < 1.29 is 9.26 Å². The molecule has 0 saturated carbocycles. The van der Waals surface area contributed by atoms with Crippen molar-refractivity contribution in [2.75, 3.05) is 12.8 Å². The molecule has 0 aliphatic heterocycles. The van der Waals surface area contributed by atoms with Crippen molar-refractivity contribution in [2.45, 2.75) is 0 Å². The minimum absolute atomic E-state index is 0.372. The first-order chi connectivity index (χ1) is 10.2. The third kappa shape index (κ3) is 2.73. The number of hydrogen-bond donors (Lipinski definition) is 1. The Bertz CT molecular complexity index is 788. The lowest BCUT2D eigenvalue weighted by atomic mass is 10.2. The number of methoxy groups -OCH3 is 1. The Labute approximate surface area is 129 Å². The summed E-state index contributed by atoms with van der Waals surface area (Å²) in [6, 6.07) is 7.28. The van der Waals surface area contributed by atoms with E-state index in [1.54, 1.807) is 25.6 Å². The number of ether oxygens (including phenoxy) is 1. The van der Waals surface area contributed by atoms with Crippen molar-refractivity contribution in [2.24, 2.45) is 0 Å². The lowest BCUT2D eigenvalue weighted by molar-refractivity contribution is 0.412. The second kappa shape index (κ2) is 5.53. The van der Waals surface area contributed by atoms with Gasteiger partial charge in [-0.25, -0.2) is 0 Å². The molecule has 0 amide bonds. The first kappa shape index (κ1) is 13.6. The van der Waals surface area contributed by atoms with Gasteiger partial charge in [0.1, 0.15) is 5.75 Å². The largest absolute Gasteiger partial charge is 0.496 e. The Balaban J connectivity index is 1.96. The zero-order valence-corrected chi connectivity index (χ0v) is 12.7. The summed E-state index contributed by atoms with van der Waals surface area (Å²) in [5.74, 6) is 1.59. The highest BCUT2D eigenvalue weighted by molar-refractivity contribution is 9.10. The van der Waals surface area contributed by atoms with E-state index in [9.17, 15) is 0 Å². The summed E-state index contributed by atoms with van der Waals surface area (Å²) in [6.45, 7) is 0. The lowest BCUT2D eigenvalue weighted by Gasteiger charge is -2.03. The molecule has 0 atom stereocenters. The number of hydrogen-bond acceptors (Lipinski definition) is 6. The summed E-state index contributed by atoms with van der Waals surface area (Å²) in [4.78, 5) is 8.36. The molecule has 0 fully saturated rings. The van der Waals surface area contributed by atoms with Gasteiger partial charge in [0.2, 0.25) is 5.82 Å². The van der Waals surface area contributed by atoms with E-state index in [1.807, 2.05) is 18.2 Å². The summed E-state index contributed by atoms with van der Waals surface area (Å²) in [5.41, 5.74) is 7.73. The van der Waals surface area contributed by atoms with E-state index < -0.39 is 0 Å². The molecule has 0 saturated heterocycles. The van der Waals surface area contributed by atoms with Crippen molar-refractivity contribution in [1.82, 2.24) is 15.1 Å². The highest BCUT2D eigenvalue weighted by atomic mass is 79.9. The van der Waals surface area contributed by atoms with E-state index >= 15 is 0 Å². The summed E-state index contributed by atoms with van der Waals surface area (Å²) in [7, 11) is 1.61. The molecular formula is C14H11BrN4O2. The Hall–Kier alpha value is -2.41. The summed E-state index contributed by atoms with van der Waals surface area (Å²) < 4.78 is 11.3. The number of rotatable bonds is 3. The van der Waals surface area contributed by atoms with Gasteiger partial charge in [0.05, 0.1) is 22.8 Å². The minimum atomic E-state index is 0.372. The molecule has 0 radical (unpaired) electrons. The number of nitrogen functional groups attached to an aromatic ring is 1. The van der Waals surface area contributed by atoms with Crippen molar-refractivity contribution in [3.8, 4) is 28.6 Å². The van der Waals surface area contributed by atoms with Crippen LogP contribution in [0.4, 0.5) is 5.69 Å². The van der Waals surface area contributed by atoms with Gasteiger partial charge in [-0.15, -0.1) is 0 Å². The predicted molar refractivity (Wildman–Crippen MR) is 81.6 cm³/mol. The average molecular weight is 347 g/mol. The van der Waals surface area contributed by atoms with Crippen LogP contribution in [-0.4, -0.2) is 22.2 Å². The van der Waals surface area contributed by atoms with Crippen LogP contribution in [0.25, 0.3) is 22.8 Å². The van der Waals surface area contributed by atoms with Crippen molar-refractivity contribution in [3.05, 3.63) is 41.1 Å². The molecule has 0 unspecified atom stereocenters. The van der Waals surface area contributed by atoms with Crippen LogP contribution in [0.2, 0.25) is 0 Å². The van der Waals surface area contributed by atoms with Gasteiger partial charge in [0, 0.05) is 18.0 Å². The second-order valence-electron chi connectivity index (χ2n) is 4.28. The zero-order valence-electron chi connectivity index (χ0n) is 11.1. The van der Waals surface area contributed by atoms with Crippen LogP contribution in [0.1, 0.15) is 0 Å². The molecule has 0 aliphatic rings. The number of nitrogens with two attached hydrogens (primary N) is 1. The van der Waals surface area contributed by atoms with Crippen LogP contribution in [0.3, 0.4) is 0 Å². The Morgan fingerprint density at radius 1 is 1.19 bits per heavy atom. The van der Waals surface area contributed by atoms with Gasteiger partial charge in [-0.1, -0.05) is 5.16 Å². The lowest BCUT2D eigenvalue weighted by Crippen LogP contribution is -1.88. The van der Waals surface area contributed by atoms with Gasteiger partial charge in [-0.05, 0) is 40.2 Å². The Morgan fingerprint density at radius 3 is 2.76 bits per heavy atom. The molecule has 0 spiro atoms. The van der Waals surface area contributed by atoms with Gasteiger partial charge < -0.3 is 15.0 Å². The standard InChI is InChI=1S/C14H11BrN4O2/c1-20-12-3-2-8(5-11(12)15)13-18-14(21-19-13)9-4-10(16)7-17-6-9/h2-7H,16H2,1H3. The summed E-state index contributed by atoms with van der Waals surface area (Å²) in [5, 5.41) is 3.97. The Kier molecular flexibility index (Phi) is 3.57. The van der Waals surface area contributed by atoms with E-state index in [2.05, 4.69) is 31.1 Å². The maximum Gasteiger partial charge on any atom is 0.259 e. The van der Waals surface area contributed by atoms with Crippen molar-refractivity contribution in [3.63, 3.8) is 0 Å². The number of benzene rings is 1. The van der Waals surface area contributed by atoms with E-state index in [0.29, 0.717) is 23.0 Å². The number of nitrogens with zero attached hydrogens (tertiary/aromatic N) is 3. The van der Waals surface area contributed by atoms with Gasteiger partial charge in [0.15, 0.2) is 0 Å². The van der Waals surface area contributed by atoms with Crippen LogP contribution in [-0.2, 0) is 0 Å². The third-order valence-corrected chi connectivity index (χ3v) is 3.46. The Morgan fingerprint density at radius 2 is 2.05 bits per heavy atom. The predicted octanol–water partition coefficient (Wildman–Crippen LogP) is 3.15. The molecule has 0 aliphatic carbocycles. The van der Waals surface area contributed by atoms with Gasteiger partial charge >= 0.3 is 0 Å². The molecule has 2 heterocycles. The fourth-order valence-electron chi connectivity index (χ4n) is 1.84. The van der Waals surface area contributed by atoms with E-state index in [0.717, 1.165) is 15.8 Å².